The van der Waals surface area contributed by atoms with Crippen LogP contribution < -0.4 is 16.0 Å². The Balaban J connectivity index is 1.54. The number of rotatable bonds is 6. The lowest BCUT2D eigenvalue weighted by Crippen LogP contribution is -2.25. The largest absolute Gasteiger partial charge is 0.325 e. The number of nitrogens with one attached hydrogen (secondary N) is 1. The van der Waals surface area contributed by atoms with Gasteiger partial charge in [-0.1, -0.05) is 11.8 Å². The molecular weight excluding hydrogens is 456 g/mol. The first kappa shape index (κ1) is 22.0. The van der Waals surface area contributed by atoms with E-state index in [1.165, 1.54) is 40.9 Å². The van der Waals surface area contributed by atoms with Gasteiger partial charge in [0.1, 0.15) is 4.83 Å². The number of thioether (sulfide) groups is 1. The van der Waals surface area contributed by atoms with Gasteiger partial charge in [-0.25, -0.2) is 18.5 Å². The van der Waals surface area contributed by atoms with Crippen LogP contribution >= 0.6 is 23.1 Å². The zero-order chi connectivity index (χ0) is 22.3. The molecule has 0 saturated carbocycles. The van der Waals surface area contributed by atoms with Crippen molar-refractivity contribution in [2.24, 2.45) is 5.14 Å². The normalized spacial score (nSPS) is 13.7. The summed E-state index contributed by atoms with van der Waals surface area (Å²) < 4.78 is 24.3. The number of aryl methyl sites for hydroxylation is 2. The van der Waals surface area contributed by atoms with Gasteiger partial charge < -0.3 is 5.32 Å². The Hall–Kier alpha value is -2.21. The molecule has 3 N–H and O–H groups in total. The van der Waals surface area contributed by atoms with Crippen molar-refractivity contribution in [3.63, 3.8) is 0 Å². The van der Waals surface area contributed by atoms with E-state index >= 15 is 0 Å². The summed E-state index contributed by atoms with van der Waals surface area (Å²) in [5.41, 5.74) is 1.56. The Bertz CT molecular complexity index is 1330. The monoisotopic (exact) mass is 478 g/mol. The first-order chi connectivity index (χ1) is 14.6. The molecule has 1 amide bonds. The van der Waals surface area contributed by atoms with Crippen LogP contribution in [0.1, 0.15) is 36.8 Å². The maximum Gasteiger partial charge on any atom is 0.263 e. The maximum atomic E-state index is 13.2. The Kier molecular flexibility index (Phi) is 5.95. The fraction of sp³-hybridized carbons (Fsp3) is 0.350. The van der Waals surface area contributed by atoms with Crippen LogP contribution in [0.2, 0.25) is 0 Å². The molecule has 4 rings (SSSR count). The van der Waals surface area contributed by atoms with E-state index in [2.05, 4.69) is 5.32 Å². The maximum absolute atomic E-state index is 13.2. The first-order valence-electron chi connectivity index (χ1n) is 9.77. The molecule has 0 radical (unpaired) electrons. The number of amides is 1. The molecular formula is C20H22N4O4S3. The van der Waals surface area contributed by atoms with E-state index in [-0.39, 0.29) is 28.2 Å². The van der Waals surface area contributed by atoms with Crippen molar-refractivity contribution in [3.8, 4) is 0 Å². The number of thiophene rings is 1. The molecule has 2 heterocycles. The number of sulfonamides is 1. The van der Waals surface area contributed by atoms with Crippen LogP contribution in [0.5, 0.6) is 0 Å². The number of aromatic nitrogens is 2. The van der Waals surface area contributed by atoms with Gasteiger partial charge in [-0.15, -0.1) is 11.3 Å². The van der Waals surface area contributed by atoms with Gasteiger partial charge >= 0.3 is 0 Å². The van der Waals surface area contributed by atoms with E-state index in [4.69, 9.17) is 10.1 Å². The smallest absolute Gasteiger partial charge is 0.263 e. The molecule has 3 aromatic rings. The molecule has 1 aliphatic rings. The van der Waals surface area contributed by atoms with E-state index in [1.807, 2.05) is 13.8 Å². The van der Waals surface area contributed by atoms with E-state index in [1.54, 1.807) is 15.9 Å². The lowest BCUT2D eigenvalue weighted by molar-refractivity contribution is -0.113. The fourth-order valence-corrected chi connectivity index (χ4v) is 6.40. The molecule has 0 bridgehead atoms. The molecule has 0 spiro atoms. The number of benzene rings is 1. The number of nitrogens with two attached hydrogens (primary N) is 1. The van der Waals surface area contributed by atoms with Crippen LogP contribution in [-0.2, 0) is 27.7 Å². The molecule has 0 unspecified atom stereocenters. The van der Waals surface area contributed by atoms with Gasteiger partial charge in [0.05, 0.1) is 16.0 Å². The summed E-state index contributed by atoms with van der Waals surface area (Å²) in [4.78, 5) is 32.3. The van der Waals surface area contributed by atoms with Crippen LogP contribution in [-0.4, -0.2) is 29.6 Å². The molecule has 1 aromatic carbocycles. The fourth-order valence-electron chi connectivity index (χ4n) is 3.65. The van der Waals surface area contributed by atoms with Crippen molar-refractivity contribution in [2.45, 2.75) is 49.2 Å². The number of anilines is 1. The summed E-state index contributed by atoms with van der Waals surface area (Å²) in [6.07, 6.45) is 2.99. The van der Waals surface area contributed by atoms with Crippen molar-refractivity contribution < 1.29 is 13.2 Å². The molecule has 2 aromatic heterocycles. The predicted octanol–water partition coefficient (Wildman–Crippen LogP) is 2.91. The summed E-state index contributed by atoms with van der Waals surface area (Å²) in [6, 6.07) is 5.53. The average Bonchev–Trinajstić information content (AvgIpc) is 3.26. The quantitative estimate of drug-likeness (QED) is 0.415. The van der Waals surface area contributed by atoms with Crippen LogP contribution in [0.3, 0.4) is 0 Å². The van der Waals surface area contributed by atoms with Crippen molar-refractivity contribution in [1.82, 2.24) is 9.55 Å². The van der Waals surface area contributed by atoms with E-state index < -0.39 is 10.0 Å². The Morgan fingerprint density at radius 3 is 2.65 bits per heavy atom. The number of carbonyl (C=O) groups is 1. The van der Waals surface area contributed by atoms with Gasteiger partial charge in [0.2, 0.25) is 15.9 Å². The minimum atomic E-state index is -3.79. The minimum absolute atomic E-state index is 0.0267. The van der Waals surface area contributed by atoms with Gasteiger partial charge in [-0.05, 0) is 62.9 Å². The van der Waals surface area contributed by atoms with E-state index in [0.29, 0.717) is 10.8 Å². The molecule has 0 atom stereocenters. The number of fused-ring (bicyclic) bond motifs is 3. The van der Waals surface area contributed by atoms with Crippen molar-refractivity contribution in [2.75, 3.05) is 11.1 Å². The third-order valence-corrected chi connectivity index (χ3v) is 8.12. The number of carbonyl (C=O) groups excluding carboxylic acids is 1. The summed E-state index contributed by atoms with van der Waals surface area (Å²) in [5.74, 6) is -0.223. The van der Waals surface area contributed by atoms with E-state index in [0.717, 1.165) is 35.0 Å². The number of nitrogens with zero attached hydrogens (tertiary/aromatic N) is 2. The Morgan fingerprint density at radius 2 is 2.00 bits per heavy atom. The number of hydrogen-bond acceptors (Lipinski definition) is 7. The number of primary sulfonamides is 1. The summed E-state index contributed by atoms with van der Waals surface area (Å²) in [5, 5.41) is 9.05. The van der Waals surface area contributed by atoms with Crippen LogP contribution in [0, 0.1) is 0 Å². The summed E-state index contributed by atoms with van der Waals surface area (Å²) in [7, 11) is -3.79. The molecule has 31 heavy (non-hydrogen) atoms. The second-order valence-corrected chi connectivity index (χ2v) is 11.2. The van der Waals surface area contributed by atoms with Crippen LogP contribution in [0.25, 0.3) is 10.2 Å². The van der Waals surface area contributed by atoms with E-state index in [9.17, 15) is 18.0 Å². The van der Waals surface area contributed by atoms with Gasteiger partial charge in [0.25, 0.3) is 5.56 Å². The first-order valence-corrected chi connectivity index (χ1v) is 13.1. The van der Waals surface area contributed by atoms with Gasteiger partial charge in [-0.2, -0.15) is 0 Å². The second kappa shape index (κ2) is 8.38. The molecule has 11 heteroatoms. The summed E-state index contributed by atoms with van der Waals surface area (Å²) >= 11 is 2.79. The van der Waals surface area contributed by atoms with Gasteiger partial charge in [0.15, 0.2) is 5.16 Å². The zero-order valence-electron chi connectivity index (χ0n) is 17.0. The van der Waals surface area contributed by atoms with Gasteiger partial charge in [-0.3, -0.25) is 14.2 Å². The van der Waals surface area contributed by atoms with Gasteiger partial charge in [0, 0.05) is 16.6 Å². The highest BCUT2D eigenvalue weighted by Gasteiger charge is 2.24. The van der Waals surface area contributed by atoms with Crippen molar-refractivity contribution in [3.05, 3.63) is 45.1 Å². The molecule has 0 saturated heterocycles. The van der Waals surface area contributed by atoms with Crippen LogP contribution in [0.4, 0.5) is 5.69 Å². The highest BCUT2D eigenvalue weighted by Crippen LogP contribution is 2.36. The highest BCUT2D eigenvalue weighted by atomic mass is 32.2. The lowest BCUT2D eigenvalue weighted by Gasteiger charge is -2.15. The molecule has 0 aliphatic heterocycles. The standard InChI is InChI=1S/C20H22N4O4S3/c1-11(2)24-19(26)17-14-4-3-5-15(14)30-18(17)23-20(24)29-10-16(25)22-12-6-8-13(9-7-12)31(21,27)28/h6-9,11H,3-5,10H2,1-2H3,(H,22,25)(H2,21,27,28). The SMILES string of the molecule is CC(C)n1c(SCC(=O)Nc2ccc(S(N)(=O)=O)cc2)nc2sc3c(c2c1=O)CCC3. The molecule has 0 fully saturated rings. The van der Waals surface area contributed by atoms with Crippen LogP contribution in [0.15, 0.2) is 39.1 Å². The second-order valence-electron chi connectivity index (χ2n) is 7.61. The Morgan fingerprint density at radius 1 is 1.29 bits per heavy atom. The van der Waals surface area contributed by atoms with Crippen molar-refractivity contribution >= 4 is 54.9 Å². The zero-order valence-corrected chi connectivity index (χ0v) is 19.5. The molecule has 1 aliphatic carbocycles. The Labute approximate surface area is 187 Å². The third-order valence-electron chi connectivity index (χ3n) is 5.05. The minimum Gasteiger partial charge on any atom is -0.325 e. The highest BCUT2D eigenvalue weighted by molar-refractivity contribution is 7.99. The third kappa shape index (κ3) is 4.40. The predicted molar refractivity (Wildman–Crippen MR) is 123 cm³/mol. The topological polar surface area (TPSA) is 124 Å². The molecule has 164 valence electrons. The average molecular weight is 479 g/mol. The summed E-state index contributed by atoms with van der Waals surface area (Å²) in [6.45, 7) is 3.86. The molecule has 8 nitrogen and oxygen atoms in total. The lowest BCUT2D eigenvalue weighted by atomic mass is 10.2. The van der Waals surface area contributed by atoms with Crippen molar-refractivity contribution in [1.29, 1.82) is 0 Å². The number of hydrogen-bond donors (Lipinski definition) is 2.